The fourth-order valence-electron chi connectivity index (χ4n) is 4.00. The zero-order valence-electron chi connectivity index (χ0n) is 22.1. The van der Waals surface area contributed by atoms with Crippen LogP contribution in [0.15, 0.2) is 63.8 Å². The lowest BCUT2D eigenvalue weighted by atomic mass is 10.0. The van der Waals surface area contributed by atoms with Crippen molar-refractivity contribution in [3.8, 4) is 0 Å². The van der Waals surface area contributed by atoms with E-state index in [2.05, 4.69) is 10.6 Å². The first kappa shape index (κ1) is 29.1. The van der Waals surface area contributed by atoms with Gasteiger partial charge in [-0.15, -0.1) is 0 Å². The summed E-state index contributed by atoms with van der Waals surface area (Å²) >= 11 is 0. The number of ether oxygens (including phenoxy) is 1. The van der Waals surface area contributed by atoms with Crippen LogP contribution in [0.4, 0.5) is 10.5 Å². The highest BCUT2D eigenvalue weighted by molar-refractivity contribution is 6.05. The minimum absolute atomic E-state index is 0.00387. The molecule has 3 aromatic rings. The topological polar surface area (TPSA) is 161 Å². The Morgan fingerprint density at radius 1 is 1.03 bits per heavy atom. The number of alkyl carbamates (subject to hydrolysis) is 1. The molecule has 0 aliphatic heterocycles. The molecule has 0 radical (unpaired) electrons. The average molecular weight is 537 g/mol. The van der Waals surface area contributed by atoms with Gasteiger partial charge in [0.25, 0.3) is 0 Å². The van der Waals surface area contributed by atoms with Crippen molar-refractivity contribution in [2.45, 2.75) is 39.8 Å². The third kappa shape index (κ3) is 7.99. The van der Waals surface area contributed by atoms with Crippen LogP contribution in [0.2, 0.25) is 0 Å². The van der Waals surface area contributed by atoms with Crippen LogP contribution in [0.3, 0.4) is 0 Å². The lowest BCUT2D eigenvalue weighted by Crippen LogP contribution is -2.55. The van der Waals surface area contributed by atoms with E-state index in [-0.39, 0.29) is 24.5 Å². The molecule has 1 unspecified atom stereocenters. The fourth-order valence-corrected chi connectivity index (χ4v) is 4.00. The van der Waals surface area contributed by atoms with Gasteiger partial charge in [-0.05, 0) is 42.5 Å². The predicted molar refractivity (Wildman–Crippen MR) is 145 cm³/mol. The molecule has 39 heavy (non-hydrogen) atoms. The van der Waals surface area contributed by atoms with Gasteiger partial charge in [-0.25, -0.2) is 9.59 Å². The normalized spacial score (nSPS) is 11.6. The SMILES string of the molecule is Cc1cc(=O)oc2cc(NC(=O)C(CC(C)C)N(C(=O)CN)C(=O)CNC(=O)OCc3ccccc3)ccc12. The summed E-state index contributed by atoms with van der Waals surface area (Å²) in [6.45, 7) is 4.33. The van der Waals surface area contributed by atoms with Gasteiger partial charge >= 0.3 is 11.7 Å². The van der Waals surface area contributed by atoms with Crippen molar-refractivity contribution in [3.05, 3.63) is 76.1 Å². The van der Waals surface area contributed by atoms with Crippen molar-refractivity contribution < 1.29 is 28.3 Å². The highest BCUT2D eigenvalue weighted by atomic mass is 16.5. The zero-order valence-corrected chi connectivity index (χ0v) is 22.1. The van der Waals surface area contributed by atoms with E-state index in [1.54, 1.807) is 43.3 Å². The van der Waals surface area contributed by atoms with E-state index >= 15 is 0 Å². The van der Waals surface area contributed by atoms with Gasteiger partial charge in [0, 0.05) is 23.2 Å². The maximum Gasteiger partial charge on any atom is 0.407 e. The first-order valence-electron chi connectivity index (χ1n) is 12.4. The van der Waals surface area contributed by atoms with Crippen LogP contribution in [0.5, 0.6) is 0 Å². The molecule has 206 valence electrons. The van der Waals surface area contributed by atoms with E-state index < -0.39 is 48.6 Å². The Balaban J connectivity index is 1.75. The number of nitrogens with zero attached hydrogens (tertiary/aromatic N) is 1. The van der Waals surface area contributed by atoms with Crippen LogP contribution in [0, 0.1) is 12.8 Å². The van der Waals surface area contributed by atoms with Gasteiger partial charge in [0.15, 0.2) is 0 Å². The number of aryl methyl sites for hydroxylation is 1. The van der Waals surface area contributed by atoms with E-state index in [4.69, 9.17) is 14.9 Å². The smallest absolute Gasteiger partial charge is 0.407 e. The van der Waals surface area contributed by atoms with Crippen LogP contribution in [0.25, 0.3) is 11.0 Å². The molecule has 11 nitrogen and oxygen atoms in total. The summed E-state index contributed by atoms with van der Waals surface area (Å²) in [6, 6.07) is 13.9. The zero-order chi connectivity index (χ0) is 28.5. The van der Waals surface area contributed by atoms with Gasteiger partial charge < -0.3 is 25.5 Å². The Bertz CT molecular complexity index is 1400. The van der Waals surface area contributed by atoms with E-state index in [0.717, 1.165) is 16.0 Å². The van der Waals surface area contributed by atoms with Crippen molar-refractivity contribution in [2.75, 3.05) is 18.4 Å². The number of rotatable bonds is 10. The first-order valence-corrected chi connectivity index (χ1v) is 12.4. The van der Waals surface area contributed by atoms with Crippen LogP contribution < -0.4 is 22.0 Å². The van der Waals surface area contributed by atoms with Crippen molar-refractivity contribution in [1.82, 2.24) is 10.2 Å². The third-order valence-electron chi connectivity index (χ3n) is 5.84. The summed E-state index contributed by atoms with van der Waals surface area (Å²) in [5.74, 6) is -2.31. The molecular weight excluding hydrogens is 504 g/mol. The van der Waals surface area contributed by atoms with E-state index in [9.17, 15) is 24.0 Å². The maximum atomic E-state index is 13.4. The molecular formula is C28H32N4O7. The number of nitrogens with one attached hydrogen (secondary N) is 2. The standard InChI is InChI=1S/C28H32N4O7/c1-17(2)11-22(27(36)31-20-9-10-21-18(3)12-26(35)39-23(21)13-20)32(24(33)14-29)25(34)15-30-28(37)38-16-19-7-5-4-6-8-19/h4-10,12-13,17,22H,11,14-16,29H2,1-3H3,(H,30,37)(H,31,36). The summed E-state index contributed by atoms with van der Waals surface area (Å²) < 4.78 is 10.3. The first-order chi connectivity index (χ1) is 18.6. The number of fused-ring (bicyclic) bond motifs is 1. The number of nitrogens with two attached hydrogens (primary N) is 1. The Morgan fingerprint density at radius 2 is 1.74 bits per heavy atom. The number of benzene rings is 2. The molecule has 0 spiro atoms. The summed E-state index contributed by atoms with van der Waals surface area (Å²) in [7, 11) is 0. The van der Waals surface area contributed by atoms with E-state index in [1.807, 2.05) is 19.9 Å². The van der Waals surface area contributed by atoms with Crippen LogP contribution in [0.1, 0.15) is 31.4 Å². The van der Waals surface area contributed by atoms with E-state index in [1.165, 1.54) is 12.1 Å². The largest absolute Gasteiger partial charge is 0.445 e. The average Bonchev–Trinajstić information content (AvgIpc) is 2.90. The van der Waals surface area contributed by atoms with Crippen molar-refractivity contribution in [2.24, 2.45) is 11.7 Å². The number of imide groups is 1. The van der Waals surface area contributed by atoms with Crippen LogP contribution in [-0.2, 0) is 25.7 Å². The van der Waals surface area contributed by atoms with Crippen LogP contribution in [-0.4, -0.2) is 47.8 Å². The molecule has 0 aliphatic carbocycles. The summed E-state index contributed by atoms with van der Waals surface area (Å²) in [5.41, 5.74) is 7.10. The monoisotopic (exact) mass is 536 g/mol. The second kappa shape index (κ2) is 13.3. The lowest BCUT2D eigenvalue weighted by Gasteiger charge is -2.30. The summed E-state index contributed by atoms with van der Waals surface area (Å²) in [6.07, 6.45) is -0.714. The molecule has 0 fully saturated rings. The summed E-state index contributed by atoms with van der Waals surface area (Å²) in [4.78, 5) is 63.9. The highest BCUT2D eigenvalue weighted by Gasteiger charge is 2.35. The molecule has 4 amide bonds. The van der Waals surface area contributed by atoms with Crippen molar-refractivity contribution >= 4 is 40.5 Å². The molecule has 3 rings (SSSR count). The Kier molecular flexibility index (Phi) is 9.93. The van der Waals surface area contributed by atoms with Gasteiger partial charge in [-0.2, -0.15) is 0 Å². The van der Waals surface area contributed by atoms with Gasteiger partial charge in [-0.1, -0.05) is 44.2 Å². The minimum atomic E-state index is -1.21. The lowest BCUT2D eigenvalue weighted by molar-refractivity contribution is -0.150. The molecule has 1 atom stereocenters. The van der Waals surface area contributed by atoms with Crippen LogP contribution >= 0.6 is 0 Å². The molecule has 11 heteroatoms. The highest BCUT2D eigenvalue weighted by Crippen LogP contribution is 2.22. The molecule has 0 saturated carbocycles. The minimum Gasteiger partial charge on any atom is -0.445 e. The maximum absolute atomic E-state index is 13.4. The second-order valence-corrected chi connectivity index (χ2v) is 9.37. The molecule has 4 N–H and O–H groups in total. The molecule has 0 bridgehead atoms. The number of carbonyl (C=O) groups excluding carboxylic acids is 4. The third-order valence-corrected chi connectivity index (χ3v) is 5.84. The molecule has 0 aliphatic rings. The number of anilines is 1. The van der Waals surface area contributed by atoms with Gasteiger partial charge in [-0.3, -0.25) is 19.3 Å². The Hall–Kier alpha value is -4.51. The van der Waals surface area contributed by atoms with Gasteiger partial charge in [0.2, 0.25) is 17.7 Å². The Morgan fingerprint density at radius 3 is 2.41 bits per heavy atom. The summed E-state index contributed by atoms with van der Waals surface area (Å²) in [5, 5.41) is 5.72. The van der Waals surface area contributed by atoms with E-state index in [0.29, 0.717) is 11.1 Å². The molecule has 0 saturated heterocycles. The Labute approximate surface area is 225 Å². The fraction of sp³-hybridized carbons (Fsp3) is 0.321. The molecule has 1 heterocycles. The quantitative estimate of drug-likeness (QED) is 0.333. The van der Waals surface area contributed by atoms with Crippen molar-refractivity contribution in [3.63, 3.8) is 0 Å². The van der Waals surface area contributed by atoms with Crippen molar-refractivity contribution in [1.29, 1.82) is 0 Å². The predicted octanol–water partition coefficient (Wildman–Crippen LogP) is 2.69. The molecule has 1 aromatic heterocycles. The van der Waals surface area contributed by atoms with Gasteiger partial charge in [0.1, 0.15) is 24.8 Å². The number of hydrogen-bond donors (Lipinski definition) is 3. The number of carbonyl (C=O) groups is 4. The number of amides is 4. The second-order valence-electron chi connectivity index (χ2n) is 9.37. The van der Waals surface area contributed by atoms with Gasteiger partial charge in [0.05, 0.1) is 6.54 Å². The number of hydrogen-bond acceptors (Lipinski definition) is 8. The molecule has 2 aromatic carbocycles.